The molecule has 0 bridgehead atoms. The van der Waals surface area contributed by atoms with Crippen LogP contribution in [0.2, 0.25) is 5.02 Å². The monoisotopic (exact) mass is 317 g/mol. The molecule has 0 saturated carbocycles. The molecule has 1 aliphatic rings. The predicted octanol–water partition coefficient (Wildman–Crippen LogP) is 3.51. The quantitative estimate of drug-likeness (QED) is 0.866. The number of hydrogen-bond acceptors (Lipinski definition) is 3. The first kappa shape index (κ1) is 14.7. The highest BCUT2D eigenvalue weighted by Crippen LogP contribution is 2.30. The van der Waals surface area contributed by atoms with E-state index >= 15 is 0 Å². The fourth-order valence-electron chi connectivity index (χ4n) is 2.67. The van der Waals surface area contributed by atoms with Crippen molar-refractivity contribution < 1.29 is 14.3 Å². The molecular formula is C17H16ClNO3. The number of amides is 1. The molecule has 114 valence electrons. The van der Waals surface area contributed by atoms with Crippen LogP contribution in [-0.4, -0.2) is 25.0 Å². The maximum atomic E-state index is 12.5. The van der Waals surface area contributed by atoms with Gasteiger partial charge in [0.05, 0.1) is 14.2 Å². The predicted molar refractivity (Wildman–Crippen MR) is 84.6 cm³/mol. The molecule has 1 amide bonds. The zero-order chi connectivity index (χ0) is 15.7. The summed E-state index contributed by atoms with van der Waals surface area (Å²) in [6.07, 6.45) is 0. The van der Waals surface area contributed by atoms with Gasteiger partial charge in [0.2, 0.25) is 0 Å². The molecule has 2 aromatic rings. The third-order valence-electron chi connectivity index (χ3n) is 3.80. The van der Waals surface area contributed by atoms with Crippen LogP contribution in [0.25, 0.3) is 0 Å². The van der Waals surface area contributed by atoms with E-state index in [-0.39, 0.29) is 5.91 Å². The van der Waals surface area contributed by atoms with Gasteiger partial charge in [-0.3, -0.25) is 4.79 Å². The lowest BCUT2D eigenvalue weighted by atomic mass is 10.1. The van der Waals surface area contributed by atoms with Gasteiger partial charge in [-0.2, -0.15) is 0 Å². The fraction of sp³-hybridized carbons (Fsp3) is 0.235. The van der Waals surface area contributed by atoms with E-state index in [2.05, 4.69) is 0 Å². The molecule has 0 radical (unpaired) electrons. The first-order valence-corrected chi connectivity index (χ1v) is 7.29. The molecule has 2 aromatic carbocycles. The van der Waals surface area contributed by atoms with E-state index in [1.807, 2.05) is 24.3 Å². The zero-order valence-corrected chi connectivity index (χ0v) is 13.2. The molecule has 0 aromatic heterocycles. The zero-order valence-electron chi connectivity index (χ0n) is 12.4. The van der Waals surface area contributed by atoms with Gasteiger partial charge in [-0.25, -0.2) is 0 Å². The number of fused-ring (bicyclic) bond motifs is 1. The summed E-state index contributed by atoms with van der Waals surface area (Å²) in [6, 6.07) is 11.0. The van der Waals surface area contributed by atoms with E-state index in [0.717, 1.165) is 22.4 Å². The van der Waals surface area contributed by atoms with Crippen molar-refractivity contribution in [2.24, 2.45) is 0 Å². The Kier molecular flexibility index (Phi) is 3.94. The van der Waals surface area contributed by atoms with Gasteiger partial charge in [0.25, 0.3) is 5.91 Å². The van der Waals surface area contributed by atoms with Crippen molar-refractivity contribution in [2.75, 3.05) is 14.2 Å². The van der Waals surface area contributed by atoms with Crippen molar-refractivity contribution in [1.29, 1.82) is 0 Å². The molecule has 0 fully saturated rings. The van der Waals surface area contributed by atoms with Gasteiger partial charge in [0.1, 0.15) is 11.5 Å². The fourth-order valence-corrected chi connectivity index (χ4v) is 2.86. The molecule has 0 atom stereocenters. The molecule has 5 heteroatoms. The number of carbonyl (C=O) groups excluding carboxylic acids is 1. The van der Waals surface area contributed by atoms with E-state index in [9.17, 15) is 4.79 Å². The third kappa shape index (κ3) is 2.62. The Morgan fingerprint density at radius 1 is 1.14 bits per heavy atom. The molecule has 22 heavy (non-hydrogen) atoms. The van der Waals surface area contributed by atoms with E-state index in [0.29, 0.717) is 23.9 Å². The van der Waals surface area contributed by atoms with Gasteiger partial charge in [0, 0.05) is 35.3 Å². The lowest BCUT2D eigenvalue weighted by molar-refractivity contribution is 0.0765. The SMILES string of the molecule is COc1ccc(CN2Cc3cc(Cl)ccc3C2=O)c(OC)c1. The van der Waals surface area contributed by atoms with Gasteiger partial charge in [-0.05, 0) is 35.9 Å². The number of methoxy groups -OCH3 is 2. The molecule has 0 saturated heterocycles. The van der Waals surface area contributed by atoms with Crippen LogP contribution in [0.4, 0.5) is 0 Å². The maximum absolute atomic E-state index is 12.5. The maximum Gasteiger partial charge on any atom is 0.254 e. The van der Waals surface area contributed by atoms with Crippen LogP contribution in [0.15, 0.2) is 36.4 Å². The summed E-state index contributed by atoms with van der Waals surface area (Å²) >= 11 is 6.00. The van der Waals surface area contributed by atoms with Crippen molar-refractivity contribution in [3.05, 3.63) is 58.1 Å². The largest absolute Gasteiger partial charge is 0.497 e. The molecule has 0 aliphatic carbocycles. The highest BCUT2D eigenvalue weighted by molar-refractivity contribution is 6.30. The second kappa shape index (κ2) is 5.89. The summed E-state index contributed by atoms with van der Waals surface area (Å²) in [7, 11) is 3.22. The van der Waals surface area contributed by atoms with Gasteiger partial charge < -0.3 is 14.4 Å². The van der Waals surface area contributed by atoms with Crippen LogP contribution in [-0.2, 0) is 13.1 Å². The summed E-state index contributed by atoms with van der Waals surface area (Å²) in [6.45, 7) is 1.04. The normalized spacial score (nSPS) is 13.2. The second-order valence-electron chi connectivity index (χ2n) is 5.14. The lowest BCUT2D eigenvalue weighted by Crippen LogP contribution is -2.23. The topological polar surface area (TPSA) is 38.8 Å². The van der Waals surface area contributed by atoms with E-state index in [4.69, 9.17) is 21.1 Å². The highest BCUT2D eigenvalue weighted by Gasteiger charge is 2.28. The van der Waals surface area contributed by atoms with Gasteiger partial charge >= 0.3 is 0 Å². The molecular weight excluding hydrogens is 302 g/mol. The average Bonchev–Trinajstić information content (AvgIpc) is 2.83. The van der Waals surface area contributed by atoms with Crippen LogP contribution < -0.4 is 9.47 Å². The number of ether oxygens (including phenoxy) is 2. The van der Waals surface area contributed by atoms with E-state index in [1.165, 1.54) is 0 Å². The van der Waals surface area contributed by atoms with Crippen LogP contribution in [0.5, 0.6) is 11.5 Å². The van der Waals surface area contributed by atoms with E-state index in [1.54, 1.807) is 31.3 Å². The van der Waals surface area contributed by atoms with Crippen LogP contribution in [0, 0.1) is 0 Å². The molecule has 1 aliphatic heterocycles. The van der Waals surface area contributed by atoms with Gasteiger partial charge in [-0.1, -0.05) is 11.6 Å². The molecule has 1 heterocycles. The minimum absolute atomic E-state index is 0.0181. The first-order chi connectivity index (χ1) is 10.6. The number of benzene rings is 2. The van der Waals surface area contributed by atoms with Crippen molar-refractivity contribution >= 4 is 17.5 Å². The van der Waals surface area contributed by atoms with Gasteiger partial charge in [-0.15, -0.1) is 0 Å². The van der Waals surface area contributed by atoms with Gasteiger partial charge in [0.15, 0.2) is 0 Å². The molecule has 0 spiro atoms. The second-order valence-corrected chi connectivity index (χ2v) is 5.58. The number of hydrogen-bond donors (Lipinski definition) is 0. The van der Waals surface area contributed by atoms with Crippen molar-refractivity contribution in [2.45, 2.75) is 13.1 Å². The summed E-state index contributed by atoms with van der Waals surface area (Å²) in [5.74, 6) is 1.45. The number of nitrogens with zero attached hydrogens (tertiary/aromatic N) is 1. The van der Waals surface area contributed by atoms with Crippen LogP contribution >= 0.6 is 11.6 Å². The summed E-state index contributed by atoms with van der Waals surface area (Å²) in [5, 5.41) is 0.649. The molecule has 0 N–H and O–H groups in total. The number of carbonyl (C=O) groups is 1. The lowest BCUT2D eigenvalue weighted by Gasteiger charge is -2.18. The Balaban J connectivity index is 1.85. The molecule has 3 rings (SSSR count). The Morgan fingerprint density at radius 2 is 1.95 bits per heavy atom. The third-order valence-corrected chi connectivity index (χ3v) is 4.04. The average molecular weight is 318 g/mol. The Hall–Kier alpha value is -2.20. The van der Waals surface area contributed by atoms with Crippen LogP contribution in [0.3, 0.4) is 0 Å². The number of halogens is 1. The Bertz CT molecular complexity index is 730. The van der Waals surface area contributed by atoms with Crippen molar-refractivity contribution in [3.63, 3.8) is 0 Å². The minimum Gasteiger partial charge on any atom is -0.497 e. The Morgan fingerprint density at radius 3 is 2.68 bits per heavy atom. The molecule has 4 nitrogen and oxygen atoms in total. The van der Waals surface area contributed by atoms with Crippen LogP contribution in [0.1, 0.15) is 21.5 Å². The summed E-state index contributed by atoms with van der Waals surface area (Å²) in [5.41, 5.74) is 2.62. The molecule has 0 unspecified atom stereocenters. The van der Waals surface area contributed by atoms with Crippen molar-refractivity contribution in [1.82, 2.24) is 4.90 Å². The number of rotatable bonds is 4. The first-order valence-electron chi connectivity index (χ1n) is 6.91. The standard InChI is InChI=1S/C17H16ClNO3/c1-21-14-5-3-11(16(8-14)22-2)9-19-10-12-7-13(18)4-6-15(12)17(19)20/h3-8H,9-10H2,1-2H3. The highest BCUT2D eigenvalue weighted by atomic mass is 35.5. The summed E-state index contributed by atoms with van der Waals surface area (Å²) in [4.78, 5) is 14.2. The van der Waals surface area contributed by atoms with E-state index < -0.39 is 0 Å². The summed E-state index contributed by atoms with van der Waals surface area (Å²) < 4.78 is 10.6. The minimum atomic E-state index is 0.0181. The van der Waals surface area contributed by atoms with Crippen molar-refractivity contribution in [3.8, 4) is 11.5 Å². The Labute approximate surface area is 134 Å². The smallest absolute Gasteiger partial charge is 0.254 e.